The standard InChI is InChI=1S/C24H30N4O2S/c1-17-8-9-21-20(13-17)22(27-10-4-6-19(25)16-27)14-24(26-21)28-11-12-31(29,30)23-7-3-2-5-18(23)15-28/h2-3,5,7-9,13-14,19,29-30H,4,6,10-12,15-16,25H2,1H3. The minimum absolute atomic E-state index is 0.184. The number of pyridine rings is 1. The minimum Gasteiger partial charge on any atom is -0.369 e. The maximum atomic E-state index is 10.7. The molecule has 3 heterocycles. The molecule has 0 amide bonds. The molecule has 31 heavy (non-hydrogen) atoms. The lowest BCUT2D eigenvalue weighted by Crippen LogP contribution is -2.43. The van der Waals surface area contributed by atoms with E-state index < -0.39 is 10.6 Å². The normalized spacial score (nSPS) is 22.1. The number of rotatable bonds is 2. The van der Waals surface area contributed by atoms with Crippen molar-refractivity contribution in [3.8, 4) is 0 Å². The lowest BCUT2D eigenvalue weighted by atomic mass is 10.0. The summed E-state index contributed by atoms with van der Waals surface area (Å²) >= 11 is 0. The lowest BCUT2D eigenvalue weighted by Gasteiger charge is -2.34. The van der Waals surface area contributed by atoms with E-state index in [2.05, 4.69) is 41.0 Å². The molecule has 1 aromatic heterocycles. The molecule has 0 spiro atoms. The first-order chi connectivity index (χ1) is 14.9. The van der Waals surface area contributed by atoms with Crippen LogP contribution in [-0.2, 0) is 6.54 Å². The average Bonchev–Trinajstić information content (AvgIpc) is 2.89. The van der Waals surface area contributed by atoms with Crippen LogP contribution in [0.1, 0.15) is 24.0 Å². The Morgan fingerprint density at radius 2 is 1.90 bits per heavy atom. The summed E-state index contributed by atoms with van der Waals surface area (Å²) in [6.45, 7) is 5.09. The molecule has 164 valence electrons. The third-order valence-electron chi connectivity index (χ3n) is 6.38. The number of aryl methyl sites for hydroxylation is 1. The van der Waals surface area contributed by atoms with Crippen LogP contribution >= 0.6 is 10.6 Å². The van der Waals surface area contributed by atoms with Crippen molar-refractivity contribution in [3.05, 3.63) is 59.7 Å². The SMILES string of the molecule is Cc1ccc2nc(N3CCS(O)(O)c4ccccc4C3)cc(N3CCCC(N)C3)c2c1. The van der Waals surface area contributed by atoms with Crippen molar-refractivity contribution >= 4 is 33.0 Å². The largest absolute Gasteiger partial charge is 0.369 e. The van der Waals surface area contributed by atoms with Crippen LogP contribution < -0.4 is 15.5 Å². The molecule has 0 radical (unpaired) electrons. The predicted molar refractivity (Wildman–Crippen MR) is 129 cm³/mol. The Morgan fingerprint density at radius 1 is 1.06 bits per heavy atom. The molecule has 3 aromatic rings. The van der Waals surface area contributed by atoms with Gasteiger partial charge in [0, 0.05) is 49.4 Å². The van der Waals surface area contributed by atoms with Gasteiger partial charge in [-0.1, -0.05) is 29.8 Å². The number of aromatic nitrogens is 1. The van der Waals surface area contributed by atoms with Crippen LogP contribution in [0.4, 0.5) is 11.5 Å². The highest BCUT2D eigenvalue weighted by Crippen LogP contribution is 2.51. The topological polar surface area (TPSA) is 85.9 Å². The first-order valence-corrected chi connectivity index (χ1v) is 12.6. The maximum absolute atomic E-state index is 10.7. The zero-order valence-electron chi connectivity index (χ0n) is 17.9. The van der Waals surface area contributed by atoms with E-state index in [1.54, 1.807) is 0 Å². The van der Waals surface area contributed by atoms with E-state index in [1.165, 1.54) is 11.3 Å². The number of piperidine rings is 1. The van der Waals surface area contributed by atoms with Crippen LogP contribution in [0.25, 0.3) is 10.9 Å². The van der Waals surface area contributed by atoms with Gasteiger partial charge in [0.1, 0.15) is 5.82 Å². The van der Waals surface area contributed by atoms with Gasteiger partial charge in [-0.05, 0) is 43.5 Å². The molecule has 2 aliphatic rings. The van der Waals surface area contributed by atoms with Crippen molar-refractivity contribution in [1.82, 2.24) is 4.98 Å². The fourth-order valence-electron chi connectivity index (χ4n) is 4.74. The van der Waals surface area contributed by atoms with Gasteiger partial charge in [0.25, 0.3) is 0 Å². The van der Waals surface area contributed by atoms with E-state index in [0.29, 0.717) is 23.7 Å². The zero-order valence-corrected chi connectivity index (χ0v) is 18.7. The summed E-state index contributed by atoms with van der Waals surface area (Å²) in [6, 6.07) is 16.4. The Hall–Kier alpha value is -2.32. The van der Waals surface area contributed by atoms with E-state index in [0.717, 1.165) is 48.2 Å². The molecule has 1 unspecified atom stereocenters. The molecule has 0 saturated carbocycles. The first-order valence-electron chi connectivity index (χ1n) is 10.9. The highest BCUT2D eigenvalue weighted by atomic mass is 32.3. The van der Waals surface area contributed by atoms with Gasteiger partial charge in [0.05, 0.1) is 16.2 Å². The van der Waals surface area contributed by atoms with E-state index in [1.807, 2.05) is 24.3 Å². The average molecular weight is 439 g/mol. The van der Waals surface area contributed by atoms with Crippen LogP contribution in [0.2, 0.25) is 0 Å². The molecular weight excluding hydrogens is 408 g/mol. The van der Waals surface area contributed by atoms with E-state index in [9.17, 15) is 9.11 Å². The molecule has 7 heteroatoms. The van der Waals surface area contributed by atoms with Crippen molar-refractivity contribution in [2.45, 2.75) is 37.2 Å². The zero-order chi connectivity index (χ0) is 21.6. The Labute approximate surface area is 185 Å². The van der Waals surface area contributed by atoms with Crippen LogP contribution in [0.15, 0.2) is 53.4 Å². The molecule has 6 nitrogen and oxygen atoms in total. The third kappa shape index (κ3) is 3.99. The van der Waals surface area contributed by atoms with Gasteiger partial charge in [-0.2, -0.15) is 10.6 Å². The molecule has 5 rings (SSSR count). The lowest BCUT2D eigenvalue weighted by molar-refractivity contribution is 0.488. The second-order valence-electron chi connectivity index (χ2n) is 8.77. The van der Waals surface area contributed by atoms with Crippen molar-refractivity contribution < 1.29 is 9.11 Å². The fourth-order valence-corrected chi connectivity index (χ4v) is 6.29. The second-order valence-corrected chi connectivity index (χ2v) is 11.0. The molecule has 0 bridgehead atoms. The summed E-state index contributed by atoms with van der Waals surface area (Å²) in [6.07, 6.45) is 2.15. The summed E-state index contributed by atoms with van der Waals surface area (Å²) in [4.78, 5) is 10.2. The van der Waals surface area contributed by atoms with Gasteiger partial charge in [0.15, 0.2) is 0 Å². The summed E-state index contributed by atoms with van der Waals surface area (Å²) in [5, 5.41) is 1.15. The van der Waals surface area contributed by atoms with Gasteiger partial charge in [-0.3, -0.25) is 9.11 Å². The van der Waals surface area contributed by atoms with Gasteiger partial charge >= 0.3 is 0 Å². The Kier molecular flexibility index (Phi) is 5.30. The Balaban J connectivity index is 1.60. The summed E-state index contributed by atoms with van der Waals surface area (Å²) in [5.41, 5.74) is 10.6. The number of nitrogens with two attached hydrogens (primary N) is 1. The summed E-state index contributed by atoms with van der Waals surface area (Å²) in [7, 11) is -2.80. The van der Waals surface area contributed by atoms with Gasteiger partial charge in [0.2, 0.25) is 0 Å². The monoisotopic (exact) mass is 438 g/mol. The molecule has 1 fully saturated rings. The summed E-state index contributed by atoms with van der Waals surface area (Å²) < 4.78 is 21.5. The van der Waals surface area contributed by atoms with Crippen molar-refractivity contribution in [2.24, 2.45) is 5.73 Å². The van der Waals surface area contributed by atoms with Crippen LogP contribution in [-0.4, -0.2) is 45.5 Å². The van der Waals surface area contributed by atoms with E-state index in [-0.39, 0.29) is 6.04 Å². The quantitative estimate of drug-likeness (QED) is 0.542. The van der Waals surface area contributed by atoms with Gasteiger partial charge < -0.3 is 15.5 Å². The first kappa shape index (κ1) is 20.6. The van der Waals surface area contributed by atoms with Crippen molar-refractivity contribution in [3.63, 3.8) is 0 Å². The smallest absolute Gasteiger partial charge is 0.131 e. The number of fused-ring (bicyclic) bond motifs is 2. The Bertz CT molecular complexity index is 1120. The molecule has 4 N–H and O–H groups in total. The highest BCUT2D eigenvalue weighted by Gasteiger charge is 2.27. The van der Waals surface area contributed by atoms with Crippen LogP contribution in [0.3, 0.4) is 0 Å². The van der Waals surface area contributed by atoms with E-state index in [4.69, 9.17) is 10.7 Å². The number of hydrogen-bond acceptors (Lipinski definition) is 6. The van der Waals surface area contributed by atoms with Gasteiger partial charge in [-0.25, -0.2) is 4.98 Å². The molecule has 2 aromatic carbocycles. The fraction of sp³-hybridized carbons (Fsp3) is 0.375. The molecular formula is C24H30N4O2S. The van der Waals surface area contributed by atoms with Crippen LogP contribution in [0, 0.1) is 6.92 Å². The molecule has 1 saturated heterocycles. The second kappa shape index (κ2) is 7.98. The number of anilines is 2. The van der Waals surface area contributed by atoms with Crippen LogP contribution in [0.5, 0.6) is 0 Å². The number of hydrogen-bond donors (Lipinski definition) is 3. The van der Waals surface area contributed by atoms with Crippen molar-refractivity contribution in [2.75, 3.05) is 35.2 Å². The van der Waals surface area contributed by atoms with Gasteiger partial charge in [-0.15, -0.1) is 0 Å². The summed E-state index contributed by atoms with van der Waals surface area (Å²) in [5.74, 6) is 1.18. The highest BCUT2D eigenvalue weighted by molar-refractivity contribution is 8.24. The molecule has 2 aliphatic heterocycles. The minimum atomic E-state index is -2.80. The third-order valence-corrected chi connectivity index (χ3v) is 8.24. The number of nitrogens with zero attached hydrogens (tertiary/aromatic N) is 3. The maximum Gasteiger partial charge on any atom is 0.131 e. The van der Waals surface area contributed by atoms with E-state index >= 15 is 0 Å². The molecule has 1 atom stereocenters. The molecule has 0 aliphatic carbocycles. The predicted octanol–water partition coefficient (Wildman–Crippen LogP) is 4.60. The van der Waals surface area contributed by atoms with Crippen molar-refractivity contribution in [1.29, 1.82) is 0 Å². The Morgan fingerprint density at radius 3 is 2.74 bits per heavy atom. The number of benzene rings is 2.